The van der Waals surface area contributed by atoms with Crippen molar-refractivity contribution in [3.63, 3.8) is 0 Å². The maximum Gasteiger partial charge on any atom is 0.255 e. The number of amides is 1. The molecular formula is C24H26N2O3. The van der Waals surface area contributed by atoms with Gasteiger partial charge in [0.15, 0.2) is 11.5 Å². The Morgan fingerprint density at radius 2 is 1.69 bits per heavy atom. The molecule has 0 fully saturated rings. The zero-order chi connectivity index (χ0) is 20.6. The number of rotatable bonds is 8. The second-order valence-corrected chi connectivity index (χ2v) is 6.59. The Kier molecular flexibility index (Phi) is 6.74. The molecule has 29 heavy (non-hydrogen) atoms. The SMILES string of the molecule is CCc1ccccc1NCc1cccc(C(=O)Nc2ccc(OC)c(OC)c2)c1. The molecule has 0 aliphatic carbocycles. The molecule has 5 heteroatoms. The molecule has 0 heterocycles. The van der Waals surface area contributed by atoms with Gasteiger partial charge in [-0.3, -0.25) is 4.79 Å². The predicted octanol–water partition coefficient (Wildman–Crippen LogP) is 5.13. The highest BCUT2D eigenvalue weighted by molar-refractivity contribution is 6.04. The zero-order valence-corrected chi connectivity index (χ0v) is 17.0. The van der Waals surface area contributed by atoms with E-state index in [-0.39, 0.29) is 5.91 Å². The lowest BCUT2D eigenvalue weighted by atomic mass is 10.1. The molecule has 3 aromatic rings. The molecule has 0 radical (unpaired) electrons. The van der Waals surface area contributed by atoms with Gasteiger partial charge >= 0.3 is 0 Å². The van der Waals surface area contributed by atoms with Crippen molar-refractivity contribution in [2.24, 2.45) is 0 Å². The lowest BCUT2D eigenvalue weighted by molar-refractivity contribution is 0.102. The fourth-order valence-electron chi connectivity index (χ4n) is 3.14. The second-order valence-electron chi connectivity index (χ2n) is 6.59. The van der Waals surface area contributed by atoms with Gasteiger partial charge in [0.2, 0.25) is 0 Å². The highest BCUT2D eigenvalue weighted by atomic mass is 16.5. The van der Waals surface area contributed by atoms with E-state index in [1.165, 1.54) is 5.56 Å². The average Bonchev–Trinajstić information content (AvgIpc) is 2.77. The Bertz CT molecular complexity index is 985. The minimum atomic E-state index is -0.173. The number of hydrogen-bond donors (Lipinski definition) is 2. The van der Waals surface area contributed by atoms with Crippen LogP contribution in [0.4, 0.5) is 11.4 Å². The monoisotopic (exact) mass is 390 g/mol. The Labute approximate surface area is 171 Å². The van der Waals surface area contributed by atoms with E-state index in [4.69, 9.17) is 9.47 Å². The van der Waals surface area contributed by atoms with E-state index in [9.17, 15) is 4.79 Å². The lowest BCUT2D eigenvalue weighted by Crippen LogP contribution is -2.12. The van der Waals surface area contributed by atoms with E-state index in [0.717, 1.165) is 17.7 Å². The smallest absolute Gasteiger partial charge is 0.255 e. The standard InChI is InChI=1S/C24H26N2O3/c1-4-18-9-5-6-11-21(18)25-16-17-8-7-10-19(14-17)24(27)26-20-12-13-22(28-2)23(15-20)29-3/h5-15,25H,4,16H2,1-3H3,(H,26,27). The highest BCUT2D eigenvalue weighted by Gasteiger charge is 2.10. The van der Waals surface area contributed by atoms with Crippen molar-refractivity contribution in [2.75, 3.05) is 24.9 Å². The molecule has 0 atom stereocenters. The first-order chi connectivity index (χ1) is 14.1. The van der Waals surface area contributed by atoms with E-state index in [0.29, 0.717) is 29.3 Å². The summed E-state index contributed by atoms with van der Waals surface area (Å²) >= 11 is 0. The summed E-state index contributed by atoms with van der Waals surface area (Å²) in [5, 5.41) is 6.37. The van der Waals surface area contributed by atoms with Crippen LogP contribution in [0.3, 0.4) is 0 Å². The van der Waals surface area contributed by atoms with Crippen LogP contribution >= 0.6 is 0 Å². The summed E-state index contributed by atoms with van der Waals surface area (Å²) in [5.74, 6) is 1.01. The van der Waals surface area contributed by atoms with Crippen LogP contribution in [0, 0.1) is 0 Å². The molecule has 3 rings (SSSR count). The zero-order valence-electron chi connectivity index (χ0n) is 17.0. The van der Waals surface area contributed by atoms with Crippen LogP contribution in [0.1, 0.15) is 28.4 Å². The number of anilines is 2. The van der Waals surface area contributed by atoms with Crippen LogP contribution in [0.2, 0.25) is 0 Å². The van der Waals surface area contributed by atoms with Gasteiger partial charge in [0.05, 0.1) is 14.2 Å². The molecule has 0 unspecified atom stereocenters. The molecule has 0 spiro atoms. The number of carbonyl (C=O) groups is 1. The van der Waals surface area contributed by atoms with Crippen molar-refractivity contribution in [1.82, 2.24) is 0 Å². The van der Waals surface area contributed by atoms with E-state index in [2.05, 4.69) is 29.7 Å². The van der Waals surface area contributed by atoms with E-state index in [1.807, 2.05) is 30.3 Å². The van der Waals surface area contributed by atoms with E-state index in [1.54, 1.807) is 38.5 Å². The van der Waals surface area contributed by atoms with Crippen LogP contribution in [-0.4, -0.2) is 20.1 Å². The summed E-state index contributed by atoms with van der Waals surface area (Å²) < 4.78 is 10.5. The second kappa shape index (κ2) is 9.64. The number of carbonyl (C=O) groups excluding carboxylic acids is 1. The van der Waals surface area contributed by atoms with Gasteiger partial charge in [-0.25, -0.2) is 0 Å². The molecular weight excluding hydrogens is 364 g/mol. The number of benzene rings is 3. The molecule has 0 aliphatic rings. The minimum Gasteiger partial charge on any atom is -0.493 e. The van der Waals surface area contributed by atoms with Gasteiger partial charge in [0, 0.05) is 29.5 Å². The first-order valence-corrected chi connectivity index (χ1v) is 9.58. The Balaban J connectivity index is 1.69. The average molecular weight is 390 g/mol. The van der Waals surface area contributed by atoms with Crippen molar-refractivity contribution in [1.29, 1.82) is 0 Å². The van der Waals surface area contributed by atoms with Crippen LogP contribution in [0.5, 0.6) is 11.5 Å². The maximum absolute atomic E-state index is 12.7. The van der Waals surface area contributed by atoms with Gasteiger partial charge in [-0.05, 0) is 47.9 Å². The first kappa shape index (κ1) is 20.3. The number of methoxy groups -OCH3 is 2. The summed E-state index contributed by atoms with van der Waals surface area (Å²) in [6.07, 6.45) is 0.969. The quantitative estimate of drug-likeness (QED) is 0.560. The third-order valence-electron chi connectivity index (χ3n) is 4.71. The number of para-hydroxylation sites is 1. The molecule has 0 saturated carbocycles. The summed E-state index contributed by atoms with van der Waals surface area (Å²) in [6.45, 7) is 2.79. The van der Waals surface area contributed by atoms with Crippen LogP contribution in [0.25, 0.3) is 0 Å². The topological polar surface area (TPSA) is 59.6 Å². The third kappa shape index (κ3) is 5.08. The molecule has 1 amide bonds. The predicted molar refractivity (Wildman–Crippen MR) is 117 cm³/mol. The number of aryl methyl sites for hydroxylation is 1. The lowest BCUT2D eigenvalue weighted by Gasteiger charge is -2.12. The largest absolute Gasteiger partial charge is 0.493 e. The normalized spacial score (nSPS) is 10.3. The summed E-state index contributed by atoms with van der Waals surface area (Å²) in [5.41, 5.74) is 4.68. The number of nitrogens with one attached hydrogen (secondary N) is 2. The van der Waals surface area contributed by atoms with Crippen molar-refractivity contribution in [3.8, 4) is 11.5 Å². The van der Waals surface area contributed by atoms with Gasteiger partial charge in [0.1, 0.15) is 0 Å². The molecule has 2 N–H and O–H groups in total. The van der Waals surface area contributed by atoms with Gasteiger partial charge < -0.3 is 20.1 Å². The molecule has 0 saturated heterocycles. The molecule has 0 aromatic heterocycles. The number of ether oxygens (including phenoxy) is 2. The fourth-order valence-corrected chi connectivity index (χ4v) is 3.14. The summed E-state index contributed by atoms with van der Waals surface area (Å²) in [6, 6.07) is 21.2. The molecule has 3 aromatic carbocycles. The Morgan fingerprint density at radius 3 is 2.45 bits per heavy atom. The van der Waals surface area contributed by atoms with Gasteiger partial charge in [0.25, 0.3) is 5.91 Å². The third-order valence-corrected chi connectivity index (χ3v) is 4.71. The summed E-state index contributed by atoms with van der Waals surface area (Å²) in [7, 11) is 3.14. The maximum atomic E-state index is 12.7. The Morgan fingerprint density at radius 1 is 0.897 bits per heavy atom. The highest BCUT2D eigenvalue weighted by Crippen LogP contribution is 2.30. The van der Waals surface area contributed by atoms with Gasteiger partial charge in [-0.15, -0.1) is 0 Å². The fraction of sp³-hybridized carbons (Fsp3) is 0.208. The van der Waals surface area contributed by atoms with Crippen molar-refractivity contribution >= 4 is 17.3 Å². The molecule has 0 aliphatic heterocycles. The van der Waals surface area contributed by atoms with E-state index < -0.39 is 0 Å². The van der Waals surface area contributed by atoms with Crippen LogP contribution < -0.4 is 20.1 Å². The van der Waals surface area contributed by atoms with Crippen molar-refractivity contribution in [3.05, 3.63) is 83.4 Å². The summed E-state index contributed by atoms with van der Waals surface area (Å²) in [4.78, 5) is 12.7. The van der Waals surface area contributed by atoms with Crippen LogP contribution in [0.15, 0.2) is 66.7 Å². The van der Waals surface area contributed by atoms with Crippen molar-refractivity contribution in [2.45, 2.75) is 19.9 Å². The first-order valence-electron chi connectivity index (χ1n) is 9.58. The van der Waals surface area contributed by atoms with Gasteiger partial charge in [-0.1, -0.05) is 37.3 Å². The van der Waals surface area contributed by atoms with Gasteiger partial charge in [-0.2, -0.15) is 0 Å². The molecule has 5 nitrogen and oxygen atoms in total. The molecule has 0 bridgehead atoms. The minimum absolute atomic E-state index is 0.173. The van der Waals surface area contributed by atoms with Crippen LogP contribution in [-0.2, 0) is 13.0 Å². The molecule has 150 valence electrons. The Hall–Kier alpha value is -3.47. The number of hydrogen-bond acceptors (Lipinski definition) is 4. The van der Waals surface area contributed by atoms with Crippen molar-refractivity contribution < 1.29 is 14.3 Å². The van der Waals surface area contributed by atoms with E-state index >= 15 is 0 Å².